The average Bonchev–Trinajstić information content (AvgIpc) is 3.46. The van der Waals surface area contributed by atoms with Gasteiger partial charge in [-0.25, -0.2) is 0 Å². The Morgan fingerprint density at radius 3 is 2.25 bits per heavy atom. The molecular weight excluding hydrogens is 390 g/mol. The first-order chi connectivity index (χ1) is 15.8. The van der Waals surface area contributed by atoms with E-state index in [0.29, 0.717) is 0 Å². The summed E-state index contributed by atoms with van der Waals surface area (Å²) in [6.45, 7) is 9.77. The Balaban J connectivity index is 0.939. The molecule has 2 aromatic rings. The van der Waals surface area contributed by atoms with Crippen LogP contribution in [0.25, 0.3) is 0 Å². The van der Waals surface area contributed by atoms with E-state index in [4.69, 9.17) is 0 Å². The van der Waals surface area contributed by atoms with Crippen LogP contribution in [0.1, 0.15) is 61.1 Å². The van der Waals surface area contributed by atoms with E-state index in [0.717, 1.165) is 30.8 Å². The number of benzene rings is 2. The van der Waals surface area contributed by atoms with E-state index in [9.17, 15) is 0 Å². The summed E-state index contributed by atoms with van der Waals surface area (Å²) in [6, 6.07) is 20.5. The van der Waals surface area contributed by atoms with Gasteiger partial charge in [0.1, 0.15) is 0 Å². The molecule has 0 unspecified atom stereocenters. The summed E-state index contributed by atoms with van der Waals surface area (Å²) in [4.78, 5) is 5.22. The van der Waals surface area contributed by atoms with E-state index in [2.05, 4.69) is 69.7 Å². The number of hydrogen-bond donors (Lipinski definition) is 1. The first-order valence-corrected chi connectivity index (χ1v) is 13.1. The van der Waals surface area contributed by atoms with Crippen molar-refractivity contribution in [2.75, 3.05) is 39.3 Å². The lowest BCUT2D eigenvalue weighted by Crippen LogP contribution is -2.33. The number of hydrogen-bond acceptors (Lipinski definition) is 3. The molecule has 0 spiro atoms. The van der Waals surface area contributed by atoms with Gasteiger partial charge in [0.2, 0.25) is 0 Å². The topological polar surface area (TPSA) is 18.5 Å². The molecule has 0 aromatic heterocycles. The van der Waals surface area contributed by atoms with Gasteiger partial charge in [0.05, 0.1) is 0 Å². The van der Waals surface area contributed by atoms with Crippen LogP contribution in [0.15, 0.2) is 54.6 Å². The minimum Gasteiger partial charge on any atom is -0.316 e. The number of nitrogens with one attached hydrogen (secondary N) is 1. The highest BCUT2D eigenvalue weighted by atomic mass is 15.1. The normalized spacial score (nSPS) is 26.4. The predicted molar refractivity (Wildman–Crippen MR) is 134 cm³/mol. The van der Waals surface area contributed by atoms with Crippen LogP contribution in [-0.4, -0.2) is 49.1 Å². The first kappa shape index (κ1) is 22.1. The summed E-state index contributed by atoms with van der Waals surface area (Å²) in [5.74, 6) is 2.55. The molecule has 0 radical (unpaired) electrons. The molecule has 1 aliphatic carbocycles. The highest BCUT2D eigenvalue weighted by Gasteiger charge is 2.30. The van der Waals surface area contributed by atoms with Crippen LogP contribution < -0.4 is 5.32 Å². The van der Waals surface area contributed by atoms with Gasteiger partial charge in [-0.05, 0) is 106 Å². The summed E-state index contributed by atoms with van der Waals surface area (Å²) in [6.07, 6.45) is 8.19. The highest BCUT2D eigenvalue weighted by molar-refractivity contribution is 5.27. The molecule has 2 saturated heterocycles. The van der Waals surface area contributed by atoms with Crippen molar-refractivity contribution >= 4 is 0 Å². The molecule has 0 amide bonds. The fourth-order valence-electron chi connectivity index (χ4n) is 6.01. The molecule has 1 saturated carbocycles. The summed E-state index contributed by atoms with van der Waals surface area (Å²) in [7, 11) is 0. The lowest BCUT2D eigenvalue weighted by Gasteiger charge is -2.36. The van der Waals surface area contributed by atoms with Crippen LogP contribution >= 0.6 is 0 Å². The zero-order chi connectivity index (χ0) is 21.6. The Labute approximate surface area is 195 Å². The van der Waals surface area contributed by atoms with Gasteiger partial charge in [-0.1, -0.05) is 54.6 Å². The van der Waals surface area contributed by atoms with E-state index in [1.807, 2.05) is 0 Å². The maximum absolute atomic E-state index is 3.78. The summed E-state index contributed by atoms with van der Waals surface area (Å²) >= 11 is 0. The maximum Gasteiger partial charge on any atom is 0.0233 e. The molecule has 2 aliphatic heterocycles. The standard InChI is InChI=1S/C29H41N3/c1-2-6-24(7-3-1)22-32-17-13-26(23-32)12-14-30-20-27-18-29(19-27)28-10-8-25(9-11-28)21-31-15-4-5-16-31/h1-3,6-11,26-27,29-30H,4-5,12-23H2/t26-,27?,29?/m0/s1. The summed E-state index contributed by atoms with van der Waals surface area (Å²) in [5, 5.41) is 3.78. The Morgan fingerprint density at radius 2 is 1.47 bits per heavy atom. The van der Waals surface area contributed by atoms with E-state index < -0.39 is 0 Å². The third kappa shape index (κ3) is 6.01. The second-order valence-electron chi connectivity index (χ2n) is 10.6. The van der Waals surface area contributed by atoms with Crippen LogP contribution in [-0.2, 0) is 13.1 Å². The number of nitrogens with zero attached hydrogens (tertiary/aromatic N) is 2. The molecule has 2 heterocycles. The van der Waals surface area contributed by atoms with Crippen LogP contribution in [0.2, 0.25) is 0 Å². The van der Waals surface area contributed by atoms with Gasteiger partial charge in [-0.2, -0.15) is 0 Å². The van der Waals surface area contributed by atoms with Crippen molar-refractivity contribution in [3.05, 3.63) is 71.3 Å². The summed E-state index contributed by atoms with van der Waals surface area (Å²) in [5.41, 5.74) is 4.50. The highest BCUT2D eigenvalue weighted by Crippen LogP contribution is 2.41. The van der Waals surface area contributed by atoms with Crippen molar-refractivity contribution in [1.82, 2.24) is 15.1 Å². The lowest BCUT2D eigenvalue weighted by atomic mass is 9.71. The van der Waals surface area contributed by atoms with E-state index in [-0.39, 0.29) is 0 Å². The number of rotatable bonds is 10. The fourth-order valence-corrected chi connectivity index (χ4v) is 6.01. The van der Waals surface area contributed by atoms with Crippen molar-refractivity contribution in [1.29, 1.82) is 0 Å². The van der Waals surface area contributed by atoms with Gasteiger partial charge in [0.15, 0.2) is 0 Å². The van der Waals surface area contributed by atoms with Gasteiger partial charge < -0.3 is 5.32 Å². The average molecular weight is 432 g/mol. The number of likely N-dealkylation sites (tertiary alicyclic amines) is 2. The molecule has 3 nitrogen and oxygen atoms in total. The van der Waals surface area contributed by atoms with Crippen LogP contribution in [0.5, 0.6) is 0 Å². The maximum atomic E-state index is 3.78. The minimum absolute atomic E-state index is 0.795. The predicted octanol–water partition coefficient (Wildman–Crippen LogP) is 5.28. The molecule has 172 valence electrons. The van der Waals surface area contributed by atoms with E-state index in [1.165, 1.54) is 88.9 Å². The van der Waals surface area contributed by atoms with Gasteiger partial charge in [-0.15, -0.1) is 0 Å². The molecule has 0 bridgehead atoms. The molecule has 5 rings (SSSR count). The monoisotopic (exact) mass is 431 g/mol. The third-order valence-corrected chi connectivity index (χ3v) is 8.07. The van der Waals surface area contributed by atoms with Crippen molar-refractivity contribution < 1.29 is 0 Å². The van der Waals surface area contributed by atoms with Crippen LogP contribution in [0.3, 0.4) is 0 Å². The van der Waals surface area contributed by atoms with Gasteiger partial charge in [-0.3, -0.25) is 9.80 Å². The molecule has 3 fully saturated rings. The van der Waals surface area contributed by atoms with Crippen molar-refractivity contribution in [3.63, 3.8) is 0 Å². The van der Waals surface area contributed by atoms with Crippen molar-refractivity contribution in [3.8, 4) is 0 Å². The molecule has 3 heteroatoms. The lowest BCUT2D eigenvalue weighted by molar-refractivity contribution is 0.252. The van der Waals surface area contributed by atoms with Gasteiger partial charge >= 0.3 is 0 Å². The molecule has 3 aliphatic rings. The smallest absolute Gasteiger partial charge is 0.0233 e. The van der Waals surface area contributed by atoms with Crippen LogP contribution in [0, 0.1) is 11.8 Å². The Bertz CT molecular complexity index is 806. The van der Waals surface area contributed by atoms with Gasteiger partial charge in [0.25, 0.3) is 0 Å². The molecule has 32 heavy (non-hydrogen) atoms. The molecule has 2 aromatic carbocycles. The SMILES string of the molecule is c1ccc(CN2CC[C@H](CCNCC3CC(c4ccc(CN5CCCC5)cc4)C3)C2)cc1. The molecule has 1 N–H and O–H groups in total. The quantitative estimate of drug-likeness (QED) is 0.517. The first-order valence-electron chi connectivity index (χ1n) is 13.1. The zero-order valence-electron chi connectivity index (χ0n) is 19.7. The molecular formula is C29H41N3. The Hall–Kier alpha value is -1.68. The fraction of sp³-hybridized carbons (Fsp3) is 0.586. The minimum atomic E-state index is 0.795. The largest absolute Gasteiger partial charge is 0.316 e. The van der Waals surface area contributed by atoms with Crippen molar-refractivity contribution in [2.45, 2.75) is 57.5 Å². The second-order valence-corrected chi connectivity index (χ2v) is 10.6. The Morgan fingerprint density at radius 1 is 0.750 bits per heavy atom. The summed E-state index contributed by atoms with van der Waals surface area (Å²) < 4.78 is 0. The van der Waals surface area contributed by atoms with E-state index >= 15 is 0 Å². The van der Waals surface area contributed by atoms with Gasteiger partial charge in [0, 0.05) is 19.6 Å². The van der Waals surface area contributed by atoms with E-state index in [1.54, 1.807) is 5.56 Å². The molecule has 1 atom stereocenters. The van der Waals surface area contributed by atoms with Crippen LogP contribution in [0.4, 0.5) is 0 Å². The third-order valence-electron chi connectivity index (χ3n) is 8.07. The second kappa shape index (κ2) is 11.0. The van der Waals surface area contributed by atoms with Crippen molar-refractivity contribution in [2.24, 2.45) is 11.8 Å². The zero-order valence-corrected chi connectivity index (χ0v) is 19.7. The Kier molecular flexibility index (Phi) is 7.58.